The molecule has 2 aliphatic carbocycles. The highest BCUT2D eigenvalue weighted by atomic mass is 16.5. The summed E-state index contributed by atoms with van der Waals surface area (Å²) in [5.41, 5.74) is 0.445. The Hall–Kier alpha value is -0.0800. The van der Waals surface area contributed by atoms with Gasteiger partial charge in [-0.1, -0.05) is 33.6 Å². The van der Waals surface area contributed by atoms with Crippen molar-refractivity contribution in [3.05, 3.63) is 0 Å². The molecule has 0 spiro atoms. The molecule has 0 heterocycles. The van der Waals surface area contributed by atoms with Crippen LogP contribution in [0.2, 0.25) is 0 Å². The van der Waals surface area contributed by atoms with Gasteiger partial charge < -0.3 is 10.1 Å². The van der Waals surface area contributed by atoms with Crippen LogP contribution in [0.3, 0.4) is 0 Å². The van der Waals surface area contributed by atoms with Crippen molar-refractivity contribution in [1.29, 1.82) is 0 Å². The molecular weight excluding hydrogens is 234 g/mol. The minimum absolute atomic E-state index is 0.445. The maximum absolute atomic E-state index is 5.70. The zero-order valence-electron chi connectivity index (χ0n) is 13.2. The Balaban J connectivity index is 1.59. The lowest BCUT2D eigenvalue weighted by molar-refractivity contribution is 0.111. The predicted molar refractivity (Wildman–Crippen MR) is 81.4 cm³/mol. The molecule has 0 amide bonds. The summed E-state index contributed by atoms with van der Waals surface area (Å²) in [7, 11) is 0. The molecule has 0 aliphatic heterocycles. The molecule has 112 valence electrons. The molecule has 1 N–H and O–H groups in total. The smallest absolute Gasteiger partial charge is 0.0494 e. The SMILES string of the molecule is CC(C)(C)C1CCCCC1NCCCOCC1CC1. The lowest BCUT2D eigenvalue weighted by Crippen LogP contribution is -2.44. The number of hydrogen-bond acceptors (Lipinski definition) is 2. The first-order chi connectivity index (χ1) is 9.07. The third-order valence-corrected chi connectivity index (χ3v) is 4.80. The summed E-state index contributed by atoms with van der Waals surface area (Å²) in [5, 5.41) is 3.80. The summed E-state index contributed by atoms with van der Waals surface area (Å²) in [5.74, 6) is 1.74. The van der Waals surface area contributed by atoms with E-state index in [0.29, 0.717) is 5.41 Å². The molecule has 0 aromatic carbocycles. The fourth-order valence-corrected chi connectivity index (χ4v) is 3.41. The van der Waals surface area contributed by atoms with Crippen LogP contribution in [-0.4, -0.2) is 25.8 Å². The molecule has 2 fully saturated rings. The lowest BCUT2D eigenvalue weighted by Gasteiger charge is -2.41. The molecule has 2 heteroatoms. The van der Waals surface area contributed by atoms with Crippen LogP contribution >= 0.6 is 0 Å². The summed E-state index contributed by atoms with van der Waals surface area (Å²) in [6, 6.07) is 0.734. The Bertz CT molecular complexity index is 254. The maximum Gasteiger partial charge on any atom is 0.0494 e. The van der Waals surface area contributed by atoms with E-state index in [-0.39, 0.29) is 0 Å². The van der Waals surface area contributed by atoms with Crippen molar-refractivity contribution >= 4 is 0 Å². The second-order valence-electron chi connectivity index (χ2n) is 7.69. The van der Waals surface area contributed by atoms with Crippen LogP contribution in [0.5, 0.6) is 0 Å². The molecule has 2 unspecified atom stereocenters. The van der Waals surface area contributed by atoms with E-state index in [2.05, 4.69) is 26.1 Å². The minimum atomic E-state index is 0.445. The first kappa shape index (κ1) is 15.3. The number of hydrogen-bond donors (Lipinski definition) is 1. The Morgan fingerprint density at radius 1 is 1.05 bits per heavy atom. The van der Waals surface area contributed by atoms with Gasteiger partial charge in [0, 0.05) is 19.3 Å². The van der Waals surface area contributed by atoms with E-state index >= 15 is 0 Å². The highest BCUT2D eigenvalue weighted by Crippen LogP contribution is 2.37. The third kappa shape index (κ3) is 5.43. The average Bonchev–Trinajstić information content (AvgIpc) is 3.17. The van der Waals surface area contributed by atoms with Crippen LogP contribution in [0, 0.1) is 17.3 Å². The van der Waals surface area contributed by atoms with Gasteiger partial charge in [0.1, 0.15) is 0 Å². The molecular formula is C17H33NO. The second-order valence-corrected chi connectivity index (χ2v) is 7.69. The van der Waals surface area contributed by atoms with Crippen LogP contribution in [0.4, 0.5) is 0 Å². The van der Waals surface area contributed by atoms with E-state index in [1.54, 1.807) is 0 Å². The zero-order valence-corrected chi connectivity index (χ0v) is 13.2. The van der Waals surface area contributed by atoms with Gasteiger partial charge in [-0.2, -0.15) is 0 Å². The van der Waals surface area contributed by atoms with Gasteiger partial charge in [-0.05, 0) is 55.9 Å². The van der Waals surface area contributed by atoms with Crippen molar-refractivity contribution in [2.24, 2.45) is 17.3 Å². The third-order valence-electron chi connectivity index (χ3n) is 4.80. The molecule has 0 aromatic heterocycles. The van der Waals surface area contributed by atoms with E-state index in [1.165, 1.54) is 44.9 Å². The van der Waals surface area contributed by atoms with E-state index in [9.17, 15) is 0 Å². The van der Waals surface area contributed by atoms with Gasteiger partial charge in [0.05, 0.1) is 0 Å². The van der Waals surface area contributed by atoms with Crippen LogP contribution in [-0.2, 0) is 4.74 Å². The molecule has 0 radical (unpaired) electrons. The Morgan fingerprint density at radius 3 is 2.47 bits per heavy atom. The van der Waals surface area contributed by atoms with Crippen molar-refractivity contribution < 1.29 is 4.74 Å². The normalized spacial score (nSPS) is 28.6. The summed E-state index contributed by atoms with van der Waals surface area (Å²) < 4.78 is 5.70. The molecule has 2 aliphatic rings. The molecule has 0 bridgehead atoms. The van der Waals surface area contributed by atoms with E-state index in [0.717, 1.165) is 37.6 Å². The fraction of sp³-hybridized carbons (Fsp3) is 1.00. The fourth-order valence-electron chi connectivity index (χ4n) is 3.41. The summed E-state index contributed by atoms with van der Waals surface area (Å²) in [4.78, 5) is 0. The van der Waals surface area contributed by atoms with Gasteiger partial charge in [0.25, 0.3) is 0 Å². The topological polar surface area (TPSA) is 21.3 Å². The number of nitrogens with one attached hydrogen (secondary N) is 1. The lowest BCUT2D eigenvalue weighted by atomic mass is 9.69. The van der Waals surface area contributed by atoms with Crippen molar-refractivity contribution in [3.8, 4) is 0 Å². The summed E-state index contributed by atoms with van der Waals surface area (Å²) in [6.45, 7) is 10.3. The van der Waals surface area contributed by atoms with Crippen molar-refractivity contribution in [3.63, 3.8) is 0 Å². The van der Waals surface area contributed by atoms with Gasteiger partial charge in [-0.15, -0.1) is 0 Å². The highest BCUT2D eigenvalue weighted by molar-refractivity contribution is 4.88. The van der Waals surface area contributed by atoms with Crippen molar-refractivity contribution in [1.82, 2.24) is 5.32 Å². The Kier molecular flexibility index (Phi) is 5.70. The standard InChI is InChI=1S/C17H33NO/c1-17(2,3)15-7-4-5-8-16(15)18-11-6-12-19-13-14-9-10-14/h14-16,18H,4-13H2,1-3H3. The van der Waals surface area contributed by atoms with Crippen LogP contribution in [0.25, 0.3) is 0 Å². The van der Waals surface area contributed by atoms with Crippen molar-refractivity contribution in [2.75, 3.05) is 19.8 Å². The Morgan fingerprint density at radius 2 is 1.79 bits per heavy atom. The first-order valence-corrected chi connectivity index (χ1v) is 8.38. The van der Waals surface area contributed by atoms with Gasteiger partial charge in [-0.3, -0.25) is 0 Å². The molecule has 2 nitrogen and oxygen atoms in total. The number of rotatable bonds is 7. The first-order valence-electron chi connectivity index (χ1n) is 8.38. The van der Waals surface area contributed by atoms with E-state index < -0.39 is 0 Å². The Labute approximate surface area is 119 Å². The monoisotopic (exact) mass is 267 g/mol. The van der Waals surface area contributed by atoms with Crippen molar-refractivity contribution in [2.45, 2.75) is 71.8 Å². The van der Waals surface area contributed by atoms with E-state index in [4.69, 9.17) is 4.74 Å². The molecule has 0 saturated heterocycles. The van der Waals surface area contributed by atoms with Crippen LogP contribution in [0.15, 0.2) is 0 Å². The minimum Gasteiger partial charge on any atom is -0.381 e. The zero-order chi connectivity index (χ0) is 13.7. The summed E-state index contributed by atoms with van der Waals surface area (Å²) in [6.07, 6.45) is 9.55. The number of ether oxygens (including phenoxy) is 1. The molecule has 2 atom stereocenters. The van der Waals surface area contributed by atoms with E-state index in [1.807, 2.05) is 0 Å². The highest BCUT2D eigenvalue weighted by Gasteiger charge is 2.33. The van der Waals surface area contributed by atoms with Crippen LogP contribution < -0.4 is 5.32 Å². The van der Waals surface area contributed by atoms with Gasteiger partial charge in [0.2, 0.25) is 0 Å². The van der Waals surface area contributed by atoms with Gasteiger partial charge >= 0.3 is 0 Å². The molecule has 2 rings (SSSR count). The second kappa shape index (κ2) is 7.08. The summed E-state index contributed by atoms with van der Waals surface area (Å²) >= 11 is 0. The average molecular weight is 267 g/mol. The maximum atomic E-state index is 5.70. The largest absolute Gasteiger partial charge is 0.381 e. The van der Waals surface area contributed by atoms with Crippen LogP contribution in [0.1, 0.15) is 65.7 Å². The predicted octanol–water partition coefficient (Wildman–Crippen LogP) is 4.00. The quantitative estimate of drug-likeness (QED) is 0.704. The molecule has 19 heavy (non-hydrogen) atoms. The van der Waals surface area contributed by atoms with Gasteiger partial charge in [0.15, 0.2) is 0 Å². The van der Waals surface area contributed by atoms with Gasteiger partial charge in [-0.25, -0.2) is 0 Å². The molecule has 0 aromatic rings. The molecule has 2 saturated carbocycles.